The van der Waals surface area contributed by atoms with E-state index >= 15 is 0 Å². The first-order chi connectivity index (χ1) is 14.1. The van der Waals surface area contributed by atoms with Gasteiger partial charge in [0.15, 0.2) is 11.7 Å². The number of piperidine rings is 1. The molecule has 1 saturated heterocycles. The minimum absolute atomic E-state index is 0. The van der Waals surface area contributed by atoms with Gasteiger partial charge in [-0.3, -0.25) is 4.79 Å². The smallest absolute Gasteiger partial charge is 0.221 e. The molecule has 172 valence electrons. The molecule has 2 rings (SSSR count). The molecule has 9 heteroatoms. The summed E-state index contributed by atoms with van der Waals surface area (Å²) in [7, 11) is 0. The molecule has 0 aliphatic carbocycles. The van der Waals surface area contributed by atoms with E-state index in [0.29, 0.717) is 12.5 Å². The van der Waals surface area contributed by atoms with Crippen LogP contribution in [-0.2, 0) is 11.3 Å². The third kappa shape index (κ3) is 8.79. The fraction of sp³-hybridized carbons (Fsp3) is 0.762. The van der Waals surface area contributed by atoms with E-state index in [9.17, 15) is 4.79 Å². The highest BCUT2D eigenvalue weighted by atomic mass is 127. The summed E-state index contributed by atoms with van der Waals surface area (Å²) in [5.74, 6) is 1.85. The average molecular weight is 534 g/mol. The lowest BCUT2D eigenvalue weighted by Crippen LogP contribution is -2.43. The number of carbonyl (C=O) groups excluding carboxylic acids is 1. The second-order valence-electron chi connectivity index (χ2n) is 7.75. The van der Waals surface area contributed by atoms with E-state index in [1.807, 2.05) is 6.07 Å². The van der Waals surface area contributed by atoms with Crippen molar-refractivity contribution in [3.8, 4) is 0 Å². The maximum atomic E-state index is 11.4. The lowest BCUT2D eigenvalue weighted by Gasteiger charge is -2.31. The summed E-state index contributed by atoms with van der Waals surface area (Å²) in [6, 6.07) is 2.02. The Kier molecular flexibility index (Phi) is 13.0. The molecule has 2 heterocycles. The van der Waals surface area contributed by atoms with Gasteiger partial charge in [-0.15, -0.1) is 24.0 Å². The summed E-state index contributed by atoms with van der Waals surface area (Å²) in [5.41, 5.74) is 6.48. The van der Waals surface area contributed by atoms with E-state index in [1.165, 1.54) is 0 Å². The number of amides is 1. The summed E-state index contributed by atoms with van der Waals surface area (Å²) in [5, 5.41) is 10.8. The molecule has 1 atom stereocenters. The number of primary amides is 1. The Hall–Kier alpha value is -1.36. The Balaban J connectivity index is 0.00000450. The number of likely N-dealkylation sites (tertiary alicyclic amines) is 1. The van der Waals surface area contributed by atoms with Gasteiger partial charge < -0.3 is 25.8 Å². The molecule has 1 fully saturated rings. The predicted octanol–water partition coefficient (Wildman–Crippen LogP) is 2.84. The molecular weight excluding hydrogens is 495 g/mol. The number of nitrogens with one attached hydrogen (secondary N) is 2. The Morgan fingerprint density at radius 1 is 1.37 bits per heavy atom. The second-order valence-corrected chi connectivity index (χ2v) is 7.75. The lowest BCUT2D eigenvalue weighted by molar-refractivity contribution is -0.123. The normalized spacial score (nSPS) is 17.6. The minimum atomic E-state index is -0.172. The van der Waals surface area contributed by atoms with Crippen molar-refractivity contribution in [1.82, 2.24) is 20.7 Å². The number of aliphatic imine (C=N–C) groups is 1. The summed E-state index contributed by atoms with van der Waals surface area (Å²) < 4.78 is 5.46. The fourth-order valence-corrected chi connectivity index (χ4v) is 3.80. The van der Waals surface area contributed by atoms with Crippen molar-refractivity contribution in [3.05, 3.63) is 17.5 Å². The topological polar surface area (TPSA) is 109 Å². The van der Waals surface area contributed by atoms with E-state index in [-0.39, 0.29) is 35.8 Å². The van der Waals surface area contributed by atoms with Gasteiger partial charge in [0.1, 0.15) is 6.54 Å². The number of nitrogens with zero attached hydrogens (tertiary/aromatic N) is 3. The molecule has 0 spiro atoms. The molecule has 4 N–H and O–H groups in total. The maximum absolute atomic E-state index is 11.4. The first-order valence-electron chi connectivity index (χ1n) is 11.1. The largest absolute Gasteiger partial charge is 0.369 e. The van der Waals surface area contributed by atoms with Crippen molar-refractivity contribution < 1.29 is 9.32 Å². The number of nitrogens with two attached hydrogens (primary N) is 1. The van der Waals surface area contributed by atoms with Gasteiger partial charge in [0.2, 0.25) is 5.91 Å². The minimum Gasteiger partial charge on any atom is -0.369 e. The molecule has 1 aliphatic rings. The monoisotopic (exact) mass is 534 g/mol. The highest BCUT2D eigenvalue weighted by molar-refractivity contribution is 14.0. The van der Waals surface area contributed by atoms with Crippen molar-refractivity contribution in [3.63, 3.8) is 0 Å². The Bertz CT molecular complexity index is 647. The molecule has 0 radical (unpaired) electrons. The number of rotatable bonds is 11. The standard InChI is InChI=1S/C21H38N6O2.HI/c1-4-16(5-2)19-13-18(29-26-19)14-25-21(23-6-3)24-10-8-12-27-11-7-9-17(15-27)20(22)28;/h13,16-17H,4-12,14-15H2,1-3H3,(H2,22,28)(H2,23,24,25);1H. The van der Waals surface area contributed by atoms with Gasteiger partial charge in [-0.05, 0) is 52.1 Å². The number of aromatic nitrogens is 1. The molecule has 1 aromatic rings. The SMILES string of the molecule is CCNC(=NCc1cc(C(CC)CC)no1)NCCCN1CCCC(C(N)=O)C1.I. The number of guanidine groups is 1. The summed E-state index contributed by atoms with van der Waals surface area (Å²) in [4.78, 5) is 18.3. The fourth-order valence-electron chi connectivity index (χ4n) is 3.80. The molecule has 1 unspecified atom stereocenters. The number of halogens is 1. The zero-order valence-electron chi connectivity index (χ0n) is 18.7. The zero-order chi connectivity index (χ0) is 21.1. The molecule has 8 nitrogen and oxygen atoms in total. The second kappa shape index (κ2) is 14.6. The van der Waals surface area contributed by atoms with E-state index in [2.05, 4.69) is 46.5 Å². The molecule has 30 heavy (non-hydrogen) atoms. The zero-order valence-corrected chi connectivity index (χ0v) is 21.0. The van der Waals surface area contributed by atoms with Crippen LogP contribution in [-0.4, -0.2) is 54.6 Å². The Labute approximate surface area is 197 Å². The van der Waals surface area contributed by atoms with Gasteiger partial charge in [-0.25, -0.2) is 4.99 Å². The van der Waals surface area contributed by atoms with E-state index in [0.717, 1.165) is 82.2 Å². The van der Waals surface area contributed by atoms with Crippen LogP contribution >= 0.6 is 24.0 Å². The molecule has 0 saturated carbocycles. The maximum Gasteiger partial charge on any atom is 0.221 e. The Morgan fingerprint density at radius 3 is 2.80 bits per heavy atom. The molecule has 1 aromatic heterocycles. The van der Waals surface area contributed by atoms with Gasteiger partial charge in [0.25, 0.3) is 0 Å². The van der Waals surface area contributed by atoms with Gasteiger partial charge in [-0.2, -0.15) is 0 Å². The van der Waals surface area contributed by atoms with Crippen molar-refractivity contribution in [2.75, 3.05) is 32.7 Å². The van der Waals surface area contributed by atoms with E-state index in [1.54, 1.807) is 0 Å². The Morgan fingerprint density at radius 2 is 2.13 bits per heavy atom. The number of carbonyl (C=O) groups is 1. The van der Waals surface area contributed by atoms with Crippen LogP contribution in [0.5, 0.6) is 0 Å². The van der Waals surface area contributed by atoms with E-state index < -0.39 is 0 Å². The number of hydrogen-bond donors (Lipinski definition) is 3. The summed E-state index contributed by atoms with van der Waals surface area (Å²) in [6.07, 6.45) is 5.07. The third-order valence-corrected chi connectivity index (χ3v) is 5.57. The van der Waals surface area contributed by atoms with Crippen molar-refractivity contribution >= 4 is 35.8 Å². The van der Waals surface area contributed by atoms with Crippen LogP contribution in [0.2, 0.25) is 0 Å². The first-order valence-corrected chi connectivity index (χ1v) is 11.1. The van der Waals surface area contributed by atoms with Gasteiger partial charge in [-0.1, -0.05) is 19.0 Å². The van der Waals surface area contributed by atoms with Gasteiger partial charge in [0, 0.05) is 31.6 Å². The molecule has 0 bridgehead atoms. The van der Waals surface area contributed by atoms with E-state index in [4.69, 9.17) is 10.3 Å². The lowest BCUT2D eigenvalue weighted by atomic mass is 9.97. The predicted molar refractivity (Wildman–Crippen MR) is 131 cm³/mol. The number of hydrogen-bond acceptors (Lipinski definition) is 5. The van der Waals surface area contributed by atoms with Crippen molar-refractivity contribution in [2.24, 2.45) is 16.6 Å². The van der Waals surface area contributed by atoms with Crippen molar-refractivity contribution in [2.45, 2.75) is 65.3 Å². The highest BCUT2D eigenvalue weighted by Crippen LogP contribution is 2.22. The van der Waals surface area contributed by atoms with Crippen LogP contribution in [0.25, 0.3) is 0 Å². The molecule has 1 amide bonds. The summed E-state index contributed by atoms with van der Waals surface area (Å²) in [6.45, 7) is 11.3. The van der Waals surface area contributed by atoms with Crippen LogP contribution < -0.4 is 16.4 Å². The highest BCUT2D eigenvalue weighted by Gasteiger charge is 2.23. The van der Waals surface area contributed by atoms with Crippen LogP contribution in [0, 0.1) is 5.92 Å². The molecular formula is C21H39IN6O2. The first kappa shape index (κ1) is 26.7. The third-order valence-electron chi connectivity index (χ3n) is 5.57. The average Bonchev–Trinajstić information content (AvgIpc) is 3.19. The van der Waals surface area contributed by atoms with Crippen LogP contribution in [0.1, 0.15) is 70.2 Å². The van der Waals surface area contributed by atoms with Crippen LogP contribution in [0.4, 0.5) is 0 Å². The molecule has 1 aliphatic heterocycles. The van der Waals surface area contributed by atoms with Gasteiger partial charge in [0.05, 0.1) is 11.6 Å². The van der Waals surface area contributed by atoms with Crippen molar-refractivity contribution in [1.29, 1.82) is 0 Å². The quantitative estimate of drug-likeness (QED) is 0.174. The van der Waals surface area contributed by atoms with Gasteiger partial charge >= 0.3 is 0 Å². The molecule has 0 aromatic carbocycles. The van der Waals surface area contributed by atoms with Crippen LogP contribution in [0.15, 0.2) is 15.6 Å². The summed E-state index contributed by atoms with van der Waals surface area (Å²) >= 11 is 0. The van der Waals surface area contributed by atoms with Crippen LogP contribution in [0.3, 0.4) is 0 Å².